The van der Waals surface area contributed by atoms with Gasteiger partial charge >= 0.3 is 0 Å². The minimum absolute atomic E-state index is 0.218. The van der Waals surface area contributed by atoms with Gasteiger partial charge in [0.2, 0.25) is 0 Å². The van der Waals surface area contributed by atoms with Gasteiger partial charge in [-0.1, -0.05) is 32.4 Å². The van der Waals surface area contributed by atoms with E-state index < -0.39 is 0 Å². The van der Waals surface area contributed by atoms with E-state index >= 15 is 0 Å². The van der Waals surface area contributed by atoms with Crippen molar-refractivity contribution in [1.82, 2.24) is 0 Å². The third kappa shape index (κ3) is 7.70. The van der Waals surface area contributed by atoms with Crippen molar-refractivity contribution in [2.75, 3.05) is 19.9 Å². The van der Waals surface area contributed by atoms with Crippen LogP contribution >= 0.6 is 8.58 Å². The molecule has 1 unspecified atom stereocenters. The molecule has 0 rings (SSSR count). The topological polar surface area (TPSA) is 26.3 Å². The first-order valence-electron chi connectivity index (χ1n) is 5.46. The van der Waals surface area contributed by atoms with Crippen LogP contribution in [-0.4, -0.2) is 31.3 Å². The van der Waals surface area contributed by atoms with Gasteiger partial charge < -0.3 is 9.53 Å². The lowest BCUT2D eigenvalue weighted by Crippen LogP contribution is -2.09. The molecule has 3 heteroatoms. The van der Waals surface area contributed by atoms with Gasteiger partial charge in [0.1, 0.15) is 12.9 Å². The summed E-state index contributed by atoms with van der Waals surface area (Å²) in [5, 5.41) is 0.302. The molecular weight excluding hydrogens is 207 g/mol. The van der Waals surface area contributed by atoms with Crippen LogP contribution in [0.1, 0.15) is 33.6 Å². The molecule has 0 radical (unpaired) electrons. The van der Waals surface area contributed by atoms with E-state index in [9.17, 15) is 4.79 Å². The number of aldehydes is 1. The Bertz CT molecular complexity index is 210. The van der Waals surface area contributed by atoms with Crippen LogP contribution in [0.4, 0.5) is 0 Å². The molecule has 0 saturated heterocycles. The molecule has 0 heterocycles. The second-order valence-corrected chi connectivity index (χ2v) is 5.91. The van der Waals surface area contributed by atoms with Crippen molar-refractivity contribution in [2.24, 2.45) is 0 Å². The molecule has 0 aromatic heterocycles. The number of carbonyl (C=O) groups is 1. The van der Waals surface area contributed by atoms with Gasteiger partial charge in [-0.25, -0.2) is 0 Å². The highest BCUT2D eigenvalue weighted by molar-refractivity contribution is 7.39. The fraction of sp³-hybridized carbons (Fsp3) is 0.750. The van der Waals surface area contributed by atoms with Crippen molar-refractivity contribution in [3.63, 3.8) is 0 Å². The summed E-state index contributed by atoms with van der Waals surface area (Å²) in [7, 11) is 0.912. The maximum absolute atomic E-state index is 10.1. The number of ether oxygens (including phenoxy) is 1. The first-order chi connectivity index (χ1) is 7.05. The molecule has 0 aliphatic heterocycles. The lowest BCUT2D eigenvalue weighted by molar-refractivity contribution is -0.111. The third-order valence-electron chi connectivity index (χ3n) is 2.42. The molecule has 15 heavy (non-hydrogen) atoms. The first-order valence-corrected chi connectivity index (χ1v) is 6.96. The molecule has 0 fully saturated rings. The van der Waals surface area contributed by atoms with E-state index in [2.05, 4.69) is 33.5 Å². The highest BCUT2D eigenvalue weighted by Gasteiger charge is 2.12. The number of carbonyl (C=O) groups excluding carboxylic acids is 1. The van der Waals surface area contributed by atoms with Crippen LogP contribution in [0, 0.1) is 0 Å². The van der Waals surface area contributed by atoms with E-state index in [0.717, 1.165) is 27.7 Å². The van der Waals surface area contributed by atoms with E-state index in [-0.39, 0.29) is 6.61 Å². The Hall–Kier alpha value is -0.200. The largest absolute Gasteiger partial charge is 0.374 e. The molecule has 1 atom stereocenters. The van der Waals surface area contributed by atoms with Gasteiger partial charge in [0.15, 0.2) is 0 Å². The van der Waals surface area contributed by atoms with Crippen molar-refractivity contribution in [2.45, 2.75) is 38.8 Å². The minimum Gasteiger partial charge on any atom is -0.374 e. The zero-order valence-corrected chi connectivity index (χ0v) is 11.3. The second kappa shape index (κ2) is 8.01. The van der Waals surface area contributed by atoms with E-state index in [0.29, 0.717) is 11.8 Å². The molecule has 2 nitrogen and oxygen atoms in total. The summed E-state index contributed by atoms with van der Waals surface area (Å²) in [5.41, 5.74) is 1.43. The zero-order valence-electron chi connectivity index (χ0n) is 10.3. The fourth-order valence-corrected chi connectivity index (χ4v) is 1.62. The zero-order chi connectivity index (χ0) is 11.7. The molecule has 0 aromatic rings. The summed E-state index contributed by atoms with van der Waals surface area (Å²) in [6, 6.07) is 0. The van der Waals surface area contributed by atoms with Gasteiger partial charge in [-0.3, -0.25) is 0 Å². The maximum atomic E-state index is 10.1. The summed E-state index contributed by atoms with van der Waals surface area (Å²) in [5.74, 6) is 0. The van der Waals surface area contributed by atoms with Gasteiger partial charge in [0.25, 0.3) is 0 Å². The van der Waals surface area contributed by atoms with Gasteiger partial charge in [0.05, 0.1) is 6.61 Å². The highest BCUT2D eigenvalue weighted by Crippen LogP contribution is 2.31. The summed E-state index contributed by atoms with van der Waals surface area (Å²) in [6.07, 6.45) is 5.17. The quantitative estimate of drug-likeness (QED) is 0.277. The van der Waals surface area contributed by atoms with E-state index in [1.54, 1.807) is 0 Å². The Morgan fingerprint density at radius 2 is 2.13 bits per heavy atom. The van der Waals surface area contributed by atoms with Crippen molar-refractivity contribution >= 4 is 14.9 Å². The molecule has 0 aliphatic rings. The molecule has 0 bridgehead atoms. The van der Waals surface area contributed by atoms with Crippen molar-refractivity contribution < 1.29 is 9.53 Å². The molecule has 0 N–H and O–H groups in total. The monoisotopic (exact) mass is 230 g/mol. The van der Waals surface area contributed by atoms with Crippen LogP contribution in [-0.2, 0) is 9.53 Å². The van der Waals surface area contributed by atoms with Crippen LogP contribution in [0.2, 0.25) is 0 Å². The number of hydrogen-bond donors (Lipinski definition) is 0. The SMILES string of the molecule is CC/C(=C\C(C)(C)PC)CCOCC=O. The fourth-order valence-electron chi connectivity index (χ4n) is 1.27. The number of hydrogen-bond acceptors (Lipinski definition) is 2. The van der Waals surface area contributed by atoms with E-state index in [4.69, 9.17) is 4.74 Å². The van der Waals surface area contributed by atoms with Gasteiger partial charge in [-0.2, -0.15) is 0 Å². The Labute approximate surface area is 95.3 Å². The predicted octanol–water partition coefficient (Wildman–Crippen LogP) is 3.02. The molecule has 0 spiro atoms. The molecule has 0 amide bonds. The number of rotatable bonds is 8. The Morgan fingerprint density at radius 3 is 2.60 bits per heavy atom. The van der Waals surface area contributed by atoms with Crippen LogP contribution in [0.3, 0.4) is 0 Å². The summed E-state index contributed by atoms with van der Waals surface area (Å²) in [4.78, 5) is 10.1. The average molecular weight is 230 g/mol. The smallest absolute Gasteiger partial charge is 0.145 e. The standard InChI is InChI=1S/C12H23O2P/c1-5-11(6-8-14-9-7-13)10-12(2,3)15-4/h7,10,15H,5-6,8-9H2,1-4H3/b11-10+. The summed E-state index contributed by atoms with van der Waals surface area (Å²) in [6.45, 7) is 9.78. The van der Waals surface area contributed by atoms with Crippen LogP contribution in [0.15, 0.2) is 11.6 Å². The van der Waals surface area contributed by atoms with Gasteiger partial charge in [-0.15, -0.1) is 8.58 Å². The Balaban J connectivity index is 4.06. The summed E-state index contributed by atoms with van der Waals surface area (Å²) < 4.78 is 5.16. The van der Waals surface area contributed by atoms with Crippen molar-refractivity contribution in [3.05, 3.63) is 11.6 Å². The lowest BCUT2D eigenvalue weighted by Gasteiger charge is -2.20. The van der Waals surface area contributed by atoms with Crippen LogP contribution in [0.5, 0.6) is 0 Å². The first kappa shape index (κ1) is 14.8. The van der Waals surface area contributed by atoms with Crippen LogP contribution in [0.25, 0.3) is 0 Å². The lowest BCUT2D eigenvalue weighted by atomic mass is 10.0. The molecular formula is C12H23O2P. The minimum atomic E-state index is 0.218. The number of allylic oxidation sites excluding steroid dienone is 1. The molecule has 0 saturated carbocycles. The third-order valence-corrected chi connectivity index (χ3v) is 3.85. The molecule has 0 aliphatic carbocycles. The molecule has 0 aromatic carbocycles. The molecule has 88 valence electrons. The highest BCUT2D eigenvalue weighted by atomic mass is 31.1. The average Bonchev–Trinajstić information content (AvgIpc) is 2.22. The predicted molar refractivity (Wildman–Crippen MR) is 68.2 cm³/mol. The van der Waals surface area contributed by atoms with Crippen LogP contribution < -0.4 is 0 Å². The Kier molecular flexibility index (Phi) is 7.90. The van der Waals surface area contributed by atoms with Gasteiger partial charge in [0, 0.05) is 0 Å². The second-order valence-electron chi connectivity index (χ2n) is 4.12. The maximum Gasteiger partial charge on any atom is 0.145 e. The normalized spacial score (nSPS) is 13.7. The van der Waals surface area contributed by atoms with E-state index in [1.807, 2.05) is 0 Å². The summed E-state index contributed by atoms with van der Waals surface area (Å²) >= 11 is 0. The van der Waals surface area contributed by atoms with E-state index in [1.165, 1.54) is 5.57 Å². The Morgan fingerprint density at radius 1 is 1.47 bits per heavy atom. The van der Waals surface area contributed by atoms with Gasteiger partial charge in [-0.05, 0) is 24.7 Å². The van der Waals surface area contributed by atoms with Crippen molar-refractivity contribution in [1.29, 1.82) is 0 Å². The van der Waals surface area contributed by atoms with Crippen molar-refractivity contribution in [3.8, 4) is 0 Å².